The fraction of sp³-hybridized carbons (Fsp3) is 0.833. The molecule has 0 aromatic rings. The molecule has 2 heteroatoms. The van der Waals surface area contributed by atoms with Gasteiger partial charge in [-0.3, -0.25) is 0 Å². The van der Waals surface area contributed by atoms with Crippen LogP contribution in [0.25, 0.3) is 0 Å². The van der Waals surface area contributed by atoms with Crippen LogP contribution in [0.3, 0.4) is 0 Å². The van der Waals surface area contributed by atoms with Gasteiger partial charge in [-0.1, -0.05) is 11.6 Å². The Hall–Kier alpha value is -0.340. The molecule has 0 spiro atoms. The van der Waals surface area contributed by atoms with Crippen molar-refractivity contribution in [3.05, 3.63) is 11.6 Å². The zero-order valence-corrected chi connectivity index (χ0v) is 8.87. The fourth-order valence-electron chi connectivity index (χ4n) is 2.46. The minimum atomic E-state index is 0.307. The molecule has 14 heavy (non-hydrogen) atoms. The number of hydrogen-bond donors (Lipinski definition) is 1. The largest absolute Gasteiger partial charge is 0.378 e. The van der Waals surface area contributed by atoms with Crippen molar-refractivity contribution < 1.29 is 4.74 Å². The topological polar surface area (TPSA) is 35.2 Å². The summed E-state index contributed by atoms with van der Waals surface area (Å²) < 4.78 is 5.59. The van der Waals surface area contributed by atoms with E-state index in [1.165, 1.54) is 37.7 Å². The number of nitrogens with two attached hydrogens (primary N) is 1. The maximum absolute atomic E-state index is 6.13. The predicted molar refractivity (Wildman–Crippen MR) is 58.1 cm³/mol. The Kier molecular flexibility index (Phi) is 3.60. The van der Waals surface area contributed by atoms with Crippen LogP contribution in [0.4, 0.5) is 0 Å². The van der Waals surface area contributed by atoms with Gasteiger partial charge in [0.2, 0.25) is 0 Å². The van der Waals surface area contributed by atoms with Gasteiger partial charge in [0.05, 0.1) is 6.10 Å². The highest BCUT2D eigenvalue weighted by Gasteiger charge is 2.18. The van der Waals surface area contributed by atoms with Crippen molar-refractivity contribution in [3.63, 3.8) is 0 Å². The second-order valence-electron chi connectivity index (χ2n) is 4.49. The first-order valence-corrected chi connectivity index (χ1v) is 5.92. The zero-order valence-electron chi connectivity index (χ0n) is 8.87. The van der Waals surface area contributed by atoms with E-state index in [1.54, 1.807) is 0 Å². The van der Waals surface area contributed by atoms with Crippen LogP contribution in [0, 0.1) is 0 Å². The second-order valence-corrected chi connectivity index (χ2v) is 4.49. The molecular formula is C12H21NO. The number of allylic oxidation sites excluding steroid dienone is 1. The summed E-state index contributed by atoms with van der Waals surface area (Å²) >= 11 is 0. The lowest BCUT2D eigenvalue weighted by Crippen LogP contribution is -2.23. The second kappa shape index (κ2) is 4.94. The smallest absolute Gasteiger partial charge is 0.0576 e. The Labute approximate surface area is 86.5 Å². The third kappa shape index (κ3) is 2.58. The van der Waals surface area contributed by atoms with Gasteiger partial charge in [0.15, 0.2) is 0 Å². The van der Waals surface area contributed by atoms with E-state index in [1.807, 2.05) is 0 Å². The van der Waals surface area contributed by atoms with Crippen LogP contribution in [-0.4, -0.2) is 18.8 Å². The van der Waals surface area contributed by atoms with Crippen molar-refractivity contribution in [2.45, 2.75) is 57.1 Å². The molecule has 1 saturated heterocycles. The minimum Gasteiger partial charge on any atom is -0.378 e. The Balaban J connectivity index is 1.68. The van der Waals surface area contributed by atoms with Crippen LogP contribution in [0.2, 0.25) is 0 Å². The SMILES string of the molecule is NC(CCC1CCCO1)C1=CCCC1. The van der Waals surface area contributed by atoms with E-state index in [9.17, 15) is 0 Å². The Bertz CT molecular complexity index is 206. The maximum atomic E-state index is 6.13. The van der Waals surface area contributed by atoms with Gasteiger partial charge >= 0.3 is 0 Å². The zero-order chi connectivity index (χ0) is 9.80. The van der Waals surface area contributed by atoms with Crippen molar-refractivity contribution in [2.75, 3.05) is 6.61 Å². The molecule has 0 saturated carbocycles. The summed E-state index contributed by atoms with van der Waals surface area (Å²) in [5.74, 6) is 0. The Morgan fingerprint density at radius 3 is 3.07 bits per heavy atom. The summed E-state index contributed by atoms with van der Waals surface area (Å²) in [6.45, 7) is 0.961. The van der Waals surface area contributed by atoms with Crippen molar-refractivity contribution in [3.8, 4) is 0 Å². The van der Waals surface area contributed by atoms with Crippen molar-refractivity contribution in [1.82, 2.24) is 0 Å². The van der Waals surface area contributed by atoms with Gasteiger partial charge in [0.1, 0.15) is 0 Å². The summed E-state index contributed by atoms with van der Waals surface area (Å²) in [5, 5.41) is 0. The standard InChI is InChI=1S/C12H21NO/c13-12(10-4-1-2-5-10)8-7-11-6-3-9-14-11/h4,11-12H,1-3,5-9,13H2. The molecule has 0 amide bonds. The van der Waals surface area contributed by atoms with Crippen molar-refractivity contribution in [1.29, 1.82) is 0 Å². The molecule has 0 radical (unpaired) electrons. The first-order chi connectivity index (χ1) is 6.86. The lowest BCUT2D eigenvalue weighted by molar-refractivity contribution is 0.101. The first kappa shape index (κ1) is 10.2. The summed E-state index contributed by atoms with van der Waals surface area (Å²) in [6, 6.07) is 0.307. The molecule has 0 aromatic heterocycles. The highest BCUT2D eigenvalue weighted by molar-refractivity contribution is 5.14. The van der Waals surface area contributed by atoms with E-state index in [-0.39, 0.29) is 0 Å². The van der Waals surface area contributed by atoms with Gasteiger partial charge < -0.3 is 10.5 Å². The molecule has 1 aliphatic heterocycles. The normalized spacial score (nSPS) is 29.2. The average Bonchev–Trinajstić information content (AvgIpc) is 2.87. The van der Waals surface area contributed by atoms with E-state index < -0.39 is 0 Å². The van der Waals surface area contributed by atoms with Gasteiger partial charge in [-0.2, -0.15) is 0 Å². The van der Waals surface area contributed by atoms with Crippen LogP contribution in [0.5, 0.6) is 0 Å². The predicted octanol–water partition coefficient (Wildman–Crippen LogP) is 2.38. The first-order valence-electron chi connectivity index (χ1n) is 5.92. The quantitative estimate of drug-likeness (QED) is 0.699. The van der Waals surface area contributed by atoms with E-state index in [2.05, 4.69) is 6.08 Å². The molecule has 2 N–H and O–H groups in total. The highest BCUT2D eigenvalue weighted by Crippen LogP contribution is 2.24. The number of rotatable bonds is 4. The molecule has 80 valence electrons. The van der Waals surface area contributed by atoms with Gasteiger partial charge in [-0.15, -0.1) is 0 Å². The molecule has 2 nitrogen and oxygen atoms in total. The third-order valence-corrected chi connectivity index (χ3v) is 3.38. The van der Waals surface area contributed by atoms with Crippen molar-refractivity contribution in [2.24, 2.45) is 5.73 Å². The Morgan fingerprint density at radius 1 is 1.50 bits per heavy atom. The van der Waals surface area contributed by atoms with Gasteiger partial charge in [0, 0.05) is 12.6 Å². The monoisotopic (exact) mass is 195 g/mol. The molecule has 0 aromatic carbocycles. The Morgan fingerprint density at radius 2 is 2.43 bits per heavy atom. The lowest BCUT2D eigenvalue weighted by atomic mass is 10.00. The molecule has 2 rings (SSSR count). The highest BCUT2D eigenvalue weighted by atomic mass is 16.5. The molecule has 1 heterocycles. The molecule has 1 fully saturated rings. The molecular weight excluding hydrogens is 174 g/mol. The van der Waals surface area contributed by atoms with E-state index in [0.717, 1.165) is 19.4 Å². The van der Waals surface area contributed by atoms with Crippen LogP contribution >= 0.6 is 0 Å². The van der Waals surface area contributed by atoms with E-state index in [0.29, 0.717) is 12.1 Å². The van der Waals surface area contributed by atoms with Gasteiger partial charge in [-0.05, 0) is 44.9 Å². The van der Waals surface area contributed by atoms with Crippen LogP contribution in [-0.2, 0) is 4.74 Å². The third-order valence-electron chi connectivity index (χ3n) is 3.38. The summed E-state index contributed by atoms with van der Waals surface area (Å²) in [5.41, 5.74) is 7.62. The number of hydrogen-bond acceptors (Lipinski definition) is 2. The molecule has 0 bridgehead atoms. The average molecular weight is 195 g/mol. The minimum absolute atomic E-state index is 0.307. The van der Waals surface area contributed by atoms with Crippen LogP contribution in [0.15, 0.2) is 11.6 Å². The summed E-state index contributed by atoms with van der Waals surface area (Å²) in [7, 11) is 0. The summed E-state index contributed by atoms with van der Waals surface area (Å²) in [4.78, 5) is 0. The maximum Gasteiger partial charge on any atom is 0.0576 e. The van der Waals surface area contributed by atoms with E-state index in [4.69, 9.17) is 10.5 Å². The van der Waals surface area contributed by atoms with Crippen LogP contribution in [0.1, 0.15) is 44.9 Å². The molecule has 2 unspecified atom stereocenters. The molecule has 1 aliphatic carbocycles. The molecule has 2 atom stereocenters. The lowest BCUT2D eigenvalue weighted by Gasteiger charge is -2.15. The fourth-order valence-corrected chi connectivity index (χ4v) is 2.46. The molecule has 2 aliphatic rings. The van der Waals surface area contributed by atoms with Gasteiger partial charge in [0.25, 0.3) is 0 Å². The van der Waals surface area contributed by atoms with Crippen molar-refractivity contribution >= 4 is 0 Å². The summed E-state index contributed by atoms with van der Waals surface area (Å²) in [6.07, 6.45) is 11.4. The van der Waals surface area contributed by atoms with Gasteiger partial charge in [-0.25, -0.2) is 0 Å². The van der Waals surface area contributed by atoms with E-state index >= 15 is 0 Å². The number of ether oxygens (including phenoxy) is 1. The van der Waals surface area contributed by atoms with Crippen LogP contribution < -0.4 is 5.73 Å².